The number of aromatic nitrogens is 1. The number of imide groups is 1. The largest absolute Gasteiger partial charge is 0.320 e. The molecule has 5 atom stereocenters. The van der Waals surface area contributed by atoms with E-state index in [1.54, 1.807) is 19.2 Å². The first-order valence-corrected chi connectivity index (χ1v) is 10.0. The first kappa shape index (κ1) is 17.8. The van der Waals surface area contributed by atoms with Crippen molar-refractivity contribution < 1.29 is 14.4 Å². The molecule has 29 heavy (non-hydrogen) atoms. The molecule has 0 radical (unpaired) electrons. The first-order valence-electron chi connectivity index (χ1n) is 10.0. The van der Waals surface area contributed by atoms with Crippen molar-refractivity contribution in [2.24, 2.45) is 23.7 Å². The summed E-state index contributed by atoms with van der Waals surface area (Å²) in [6.07, 6.45) is 7.09. The summed E-state index contributed by atoms with van der Waals surface area (Å²) in [4.78, 5) is 43.9. The van der Waals surface area contributed by atoms with Gasteiger partial charge in [-0.25, -0.2) is 4.79 Å². The van der Waals surface area contributed by atoms with Crippen LogP contribution in [0.4, 0.5) is 10.5 Å². The Kier molecular flexibility index (Phi) is 4.12. The number of nitrogens with zero attached hydrogens (tertiary/aromatic N) is 2. The van der Waals surface area contributed by atoms with Crippen molar-refractivity contribution in [1.82, 2.24) is 15.2 Å². The van der Waals surface area contributed by atoms with E-state index in [2.05, 4.69) is 27.8 Å². The Morgan fingerprint density at radius 3 is 2.45 bits per heavy atom. The number of rotatable bonds is 3. The minimum Gasteiger partial charge on any atom is -0.317 e. The van der Waals surface area contributed by atoms with Crippen LogP contribution >= 0.6 is 0 Å². The summed E-state index contributed by atoms with van der Waals surface area (Å²) < 4.78 is 0. The van der Waals surface area contributed by atoms with Gasteiger partial charge in [-0.2, -0.15) is 0 Å². The highest BCUT2D eigenvalue weighted by atomic mass is 16.2. The summed E-state index contributed by atoms with van der Waals surface area (Å²) in [7, 11) is 0. The van der Waals surface area contributed by atoms with Crippen LogP contribution in [0.15, 0.2) is 48.7 Å². The maximum Gasteiger partial charge on any atom is 0.320 e. The van der Waals surface area contributed by atoms with E-state index in [1.807, 2.05) is 24.3 Å². The van der Waals surface area contributed by atoms with Crippen LogP contribution in [-0.4, -0.2) is 33.9 Å². The fourth-order valence-electron chi connectivity index (χ4n) is 5.05. The number of anilines is 1. The molecule has 2 heterocycles. The number of pyridine rings is 1. The third kappa shape index (κ3) is 2.88. The molecule has 7 nitrogen and oxygen atoms in total. The predicted octanol–water partition coefficient (Wildman–Crippen LogP) is 2.90. The highest BCUT2D eigenvalue weighted by molar-refractivity contribution is 6.06. The van der Waals surface area contributed by atoms with Gasteiger partial charge in [0.2, 0.25) is 11.8 Å². The quantitative estimate of drug-likeness (QED) is 0.623. The van der Waals surface area contributed by atoms with Crippen molar-refractivity contribution in [2.45, 2.75) is 25.9 Å². The van der Waals surface area contributed by atoms with Gasteiger partial charge in [0.1, 0.15) is 6.17 Å². The normalized spacial score (nSPS) is 28.5. The number of nitrogens with one attached hydrogen (secondary N) is 2. The second-order valence-electron chi connectivity index (χ2n) is 8.07. The van der Waals surface area contributed by atoms with Gasteiger partial charge in [0.05, 0.1) is 17.4 Å². The Hall–Kier alpha value is -3.22. The summed E-state index contributed by atoms with van der Waals surface area (Å²) in [6.45, 7) is 1.67. The number of carbonyl (C=O) groups is 3. The molecule has 3 aliphatic carbocycles. The number of hydrogen-bond acceptors (Lipinski definition) is 4. The van der Waals surface area contributed by atoms with Gasteiger partial charge in [-0.1, -0.05) is 18.2 Å². The molecule has 1 aromatic carbocycles. The van der Waals surface area contributed by atoms with E-state index >= 15 is 0 Å². The Balaban J connectivity index is 1.28. The van der Waals surface area contributed by atoms with E-state index in [4.69, 9.17) is 0 Å². The zero-order valence-electron chi connectivity index (χ0n) is 16.0. The molecule has 1 aliphatic heterocycles. The van der Waals surface area contributed by atoms with Crippen LogP contribution in [0.3, 0.4) is 0 Å². The fraction of sp³-hybridized carbons (Fsp3) is 0.364. The molecule has 2 N–H and O–H groups in total. The molecule has 2 bridgehead atoms. The zero-order chi connectivity index (χ0) is 20.1. The average Bonchev–Trinajstić information content (AvgIpc) is 3.01. The van der Waals surface area contributed by atoms with Gasteiger partial charge < -0.3 is 10.6 Å². The number of likely N-dealkylation sites (tertiary alicyclic amines) is 1. The van der Waals surface area contributed by atoms with Crippen LogP contribution in [0.1, 0.15) is 19.8 Å². The second-order valence-corrected chi connectivity index (χ2v) is 8.07. The molecule has 1 aromatic heterocycles. The first-order chi connectivity index (χ1) is 14.0. The molecule has 148 valence electrons. The third-order valence-corrected chi connectivity index (χ3v) is 6.38. The maximum atomic E-state index is 13.0. The predicted molar refractivity (Wildman–Crippen MR) is 108 cm³/mol. The highest BCUT2D eigenvalue weighted by Gasteiger charge is 2.57. The van der Waals surface area contributed by atoms with Gasteiger partial charge in [-0.05, 0) is 55.9 Å². The monoisotopic (exact) mass is 390 g/mol. The van der Waals surface area contributed by atoms with Crippen molar-refractivity contribution in [3.8, 4) is 0 Å². The number of hydrogen-bond donors (Lipinski definition) is 2. The number of benzene rings is 1. The molecule has 1 saturated carbocycles. The smallest absolute Gasteiger partial charge is 0.317 e. The molecule has 4 amide bonds. The Morgan fingerprint density at radius 2 is 1.79 bits per heavy atom. The van der Waals surface area contributed by atoms with Gasteiger partial charge in [-0.3, -0.25) is 19.5 Å². The number of allylic oxidation sites excluding steroid dienone is 2. The summed E-state index contributed by atoms with van der Waals surface area (Å²) >= 11 is 0. The van der Waals surface area contributed by atoms with E-state index in [1.165, 1.54) is 4.90 Å². The van der Waals surface area contributed by atoms with Gasteiger partial charge in [-0.15, -0.1) is 0 Å². The van der Waals surface area contributed by atoms with Crippen LogP contribution < -0.4 is 10.6 Å². The number of fused-ring (bicyclic) bond motifs is 2. The van der Waals surface area contributed by atoms with E-state index in [-0.39, 0.29) is 35.5 Å². The molecule has 0 spiro atoms. The Labute approximate surface area is 168 Å². The van der Waals surface area contributed by atoms with Crippen LogP contribution in [0.25, 0.3) is 10.9 Å². The molecule has 6 rings (SSSR count). The van der Waals surface area contributed by atoms with Crippen molar-refractivity contribution in [2.75, 3.05) is 5.32 Å². The van der Waals surface area contributed by atoms with Crippen LogP contribution in [0.5, 0.6) is 0 Å². The maximum absolute atomic E-state index is 13.0. The molecule has 0 unspecified atom stereocenters. The second kappa shape index (κ2) is 6.69. The van der Waals surface area contributed by atoms with Crippen LogP contribution in [0, 0.1) is 23.7 Å². The number of carbonyl (C=O) groups excluding carboxylic acids is 3. The zero-order valence-corrected chi connectivity index (χ0v) is 16.0. The standard InChI is InChI=1S/C22H22N4O3/c1-12(24-22(29)25-16-8-9-17-15(11-16)3-2-10-23-17)26-20(27)18-13-4-5-14(7-6-13)19(18)21(26)28/h2-5,8-14,18-19H,6-7H2,1H3,(H2,24,25,29)/t12-,13+,14+,18-,19+/m1/s1. The van der Waals surface area contributed by atoms with Gasteiger partial charge >= 0.3 is 6.03 Å². The van der Waals surface area contributed by atoms with E-state index in [0.717, 1.165) is 23.7 Å². The summed E-state index contributed by atoms with van der Waals surface area (Å²) in [6, 6.07) is 8.72. The van der Waals surface area contributed by atoms with Crippen molar-refractivity contribution >= 4 is 34.4 Å². The molecular formula is C22H22N4O3. The van der Waals surface area contributed by atoms with Gasteiger partial charge in [0.25, 0.3) is 0 Å². The SMILES string of the molecule is C[C@H](NC(=O)Nc1ccc2ncccc2c1)N1C(=O)[C@@H]2[C@H](C1=O)[C@H]1C=C[C@H]2CC1. The average molecular weight is 390 g/mol. The molecule has 2 fully saturated rings. The van der Waals surface area contributed by atoms with E-state index in [9.17, 15) is 14.4 Å². The molecular weight excluding hydrogens is 368 g/mol. The summed E-state index contributed by atoms with van der Waals surface area (Å²) in [5.74, 6) is -0.595. The van der Waals surface area contributed by atoms with Crippen LogP contribution in [-0.2, 0) is 9.59 Å². The highest BCUT2D eigenvalue weighted by Crippen LogP contribution is 2.49. The van der Waals surface area contributed by atoms with Crippen LogP contribution in [0.2, 0.25) is 0 Å². The third-order valence-electron chi connectivity index (χ3n) is 6.38. The lowest BCUT2D eigenvalue weighted by molar-refractivity contribution is -0.142. The minimum atomic E-state index is -0.706. The summed E-state index contributed by atoms with van der Waals surface area (Å²) in [5.41, 5.74) is 1.45. The Morgan fingerprint density at radius 1 is 1.10 bits per heavy atom. The lowest BCUT2D eigenvalue weighted by Gasteiger charge is -2.38. The molecule has 2 aromatic rings. The van der Waals surface area contributed by atoms with E-state index in [0.29, 0.717) is 5.69 Å². The Bertz CT molecular complexity index is 1020. The number of amides is 4. The van der Waals surface area contributed by atoms with Crippen molar-refractivity contribution in [3.05, 3.63) is 48.7 Å². The minimum absolute atomic E-state index is 0.138. The molecule has 4 aliphatic rings. The fourth-order valence-corrected chi connectivity index (χ4v) is 5.05. The van der Waals surface area contributed by atoms with Gasteiger partial charge in [0.15, 0.2) is 0 Å². The van der Waals surface area contributed by atoms with Gasteiger partial charge in [0, 0.05) is 17.3 Å². The topological polar surface area (TPSA) is 91.4 Å². The van der Waals surface area contributed by atoms with Crippen molar-refractivity contribution in [1.29, 1.82) is 0 Å². The van der Waals surface area contributed by atoms with Crippen molar-refractivity contribution in [3.63, 3.8) is 0 Å². The number of urea groups is 1. The molecule has 1 saturated heterocycles. The molecule has 7 heteroatoms. The lowest BCUT2D eigenvalue weighted by Crippen LogP contribution is -2.50. The summed E-state index contributed by atoms with van der Waals surface area (Å²) in [5, 5.41) is 6.42. The lowest BCUT2D eigenvalue weighted by atomic mass is 9.63. The van der Waals surface area contributed by atoms with E-state index < -0.39 is 12.2 Å².